The van der Waals surface area contributed by atoms with E-state index in [-0.39, 0.29) is 25.9 Å². The van der Waals surface area contributed by atoms with Crippen LogP contribution < -0.4 is 0 Å². The van der Waals surface area contributed by atoms with E-state index in [4.69, 9.17) is 4.98 Å². The van der Waals surface area contributed by atoms with Gasteiger partial charge in [-0.3, -0.25) is 0 Å². The maximum absolute atomic E-state index is 13.7. The summed E-state index contributed by atoms with van der Waals surface area (Å²) in [5, 5.41) is 4.14. The number of aromatic nitrogens is 2. The average Bonchev–Trinajstić information content (AvgIpc) is 2.97. The minimum Gasteiger partial charge on any atom is -0.305 e. The van der Waals surface area contributed by atoms with Crippen LogP contribution in [0, 0.1) is 29.8 Å². The van der Waals surface area contributed by atoms with E-state index in [0.29, 0.717) is 11.8 Å². The van der Waals surface area contributed by atoms with Gasteiger partial charge in [0.25, 0.3) is 0 Å². The number of hydrogen-bond donors (Lipinski definition) is 0. The Kier molecular flexibility index (Phi) is 10.7. The van der Waals surface area contributed by atoms with Crippen molar-refractivity contribution in [1.82, 2.24) is 9.97 Å². The Balaban J connectivity index is 0.000000261. The number of pyridine rings is 2. The fourth-order valence-electron chi connectivity index (χ4n) is 5.22. The third-order valence-corrected chi connectivity index (χ3v) is 6.89. The molecule has 0 saturated carbocycles. The van der Waals surface area contributed by atoms with Gasteiger partial charge in [0, 0.05) is 32.5 Å². The zero-order valence-corrected chi connectivity index (χ0v) is 26.9. The molecular formula is C38H35FIrN2-2. The van der Waals surface area contributed by atoms with Crippen LogP contribution in [-0.4, -0.2) is 9.97 Å². The minimum absolute atomic E-state index is 0. The van der Waals surface area contributed by atoms with Crippen molar-refractivity contribution >= 4 is 21.5 Å². The van der Waals surface area contributed by atoms with E-state index in [1.165, 1.54) is 17.2 Å². The van der Waals surface area contributed by atoms with Crippen molar-refractivity contribution in [3.8, 4) is 22.5 Å². The molecule has 4 heteroatoms. The van der Waals surface area contributed by atoms with Crippen LogP contribution in [-0.2, 0) is 32.9 Å². The molecule has 42 heavy (non-hydrogen) atoms. The number of fused-ring (bicyclic) bond motifs is 3. The van der Waals surface area contributed by atoms with Gasteiger partial charge in [-0.05, 0) is 81.9 Å². The molecule has 4 aromatic carbocycles. The Morgan fingerprint density at radius 1 is 0.690 bits per heavy atom. The SMILES string of the molecule is CC(C)Cc1[c-]c(-c2nccc3c2ccc2cc(F)ccc23)cc(CC(C)C)c1.[Ir].[c-]1ccccc1-c1ccccn1. The second-order valence-corrected chi connectivity index (χ2v) is 11.3. The van der Waals surface area contributed by atoms with Crippen molar-refractivity contribution in [2.45, 2.75) is 40.5 Å². The summed E-state index contributed by atoms with van der Waals surface area (Å²) in [7, 11) is 0. The summed E-state index contributed by atoms with van der Waals surface area (Å²) in [5.74, 6) is 0.961. The molecule has 0 amide bonds. The first kappa shape index (κ1) is 31.2. The minimum atomic E-state index is -0.209. The third-order valence-electron chi connectivity index (χ3n) is 6.89. The van der Waals surface area contributed by atoms with Gasteiger partial charge in [-0.15, -0.1) is 70.8 Å². The summed E-state index contributed by atoms with van der Waals surface area (Å²) < 4.78 is 13.7. The van der Waals surface area contributed by atoms with Crippen molar-refractivity contribution in [3.05, 3.63) is 132 Å². The number of rotatable bonds is 6. The summed E-state index contributed by atoms with van der Waals surface area (Å²) in [5.41, 5.74) is 6.59. The number of halogens is 1. The van der Waals surface area contributed by atoms with Gasteiger partial charge in [-0.25, -0.2) is 4.39 Å². The summed E-state index contributed by atoms with van der Waals surface area (Å²) >= 11 is 0. The van der Waals surface area contributed by atoms with E-state index in [1.807, 2.05) is 66.9 Å². The van der Waals surface area contributed by atoms with Crippen LogP contribution in [0.25, 0.3) is 44.1 Å². The quantitative estimate of drug-likeness (QED) is 0.126. The Bertz CT molecular complexity index is 1680. The number of benzene rings is 4. The smallest absolute Gasteiger partial charge is 0.123 e. The zero-order chi connectivity index (χ0) is 28.8. The Labute approximate surface area is 262 Å². The van der Waals surface area contributed by atoms with Gasteiger partial charge in [-0.2, -0.15) is 0 Å². The Morgan fingerprint density at radius 2 is 1.48 bits per heavy atom. The van der Waals surface area contributed by atoms with Gasteiger partial charge in [0.1, 0.15) is 5.82 Å². The predicted molar refractivity (Wildman–Crippen MR) is 169 cm³/mol. The molecule has 0 unspecified atom stereocenters. The normalized spacial score (nSPS) is 10.9. The topological polar surface area (TPSA) is 25.8 Å². The van der Waals surface area contributed by atoms with Crippen molar-refractivity contribution in [1.29, 1.82) is 0 Å². The van der Waals surface area contributed by atoms with Crippen molar-refractivity contribution in [2.75, 3.05) is 0 Å². The van der Waals surface area contributed by atoms with Crippen molar-refractivity contribution in [2.24, 2.45) is 11.8 Å². The van der Waals surface area contributed by atoms with Crippen LogP contribution in [0.15, 0.2) is 103 Å². The van der Waals surface area contributed by atoms with Gasteiger partial charge < -0.3 is 9.97 Å². The molecule has 0 atom stereocenters. The zero-order valence-electron chi connectivity index (χ0n) is 24.5. The third kappa shape index (κ3) is 7.76. The molecule has 2 aromatic heterocycles. The molecule has 0 aliphatic carbocycles. The number of hydrogen-bond acceptors (Lipinski definition) is 2. The summed E-state index contributed by atoms with van der Waals surface area (Å²) in [6.07, 6.45) is 5.69. The molecular weight excluding hydrogens is 696 g/mol. The van der Waals surface area contributed by atoms with Gasteiger partial charge in [0.05, 0.1) is 0 Å². The molecule has 0 fully saturated rings. The predicted octanol–water partition coefficient (Wildman–Crippen LogP) is 9.94. The van der Waals surface area contributed by atoms with E-state index < -0.39 is 0 Å². The summed E-state index contributed by atoms with van der Waals surface area (Å²) in [6, 6.07) is 36.0. The van der Waals surface area contributed by atoms with Crippen LogP contribution in [0.3, 0.4) is 0 Å². The fourth-order valence-corrected chi connectivity index (χ4v) is 5.22. The molecule has 2 nitrogen and oxygen atoms in total. The van der Waals surface area contributed by atoms with Crippen LogP contribution in [0.1, 0.15) is 38.8 Å². The van der Waals surface area contributed by atoms with E-state index in [1.54, 1.807) is 12.3 Å². The average molecular weight is 731 g/mol. The largest absolute Gasteiger partial charge is 0.305 e. The molecule has 0 spiro atoms. The van der Waals surface area contributed by atoms with Crippen LogP contribution in [0.5, 0.6) is 0 Å². The van der Waals surface area contributed by atoms with Gasteiger partial charge >= 0.3 is 0 Å². The maximum Gasteiger partial charge on any atom is 0.123 e. The van der Waals surface area contributed by atoms with Gasteiger partial charge in [-0.1, -0.05) is 58.0 Å². The molecule has 0 bridgehead atoms. The second kappa shape index (κ2) is 14.4. The molecule has 6 aromatic rings. The van der Waals surface area contributed by atoms with Gasteiger partial charge in [0.2, 0.25) is 0 Å². The van der Waals surface area contributed by atoms with Crippen molar-refractivity contribution in [3.63, 3.8) is 0 Å². The molecule has 6 rings (SSSR count). The van der Waals surface area contributed by atoms with Gasteiger partial charge in [0.15, 0.2) is 0 Å². The monoisotopic (exact) mass is 731 g/mol. The number of nitrogens with zero attached hydrogens (tertiary/aromatic N) is 2. The maximum atomic E-state index is 13.7. The molecule has 2 heterocycles. The molecule has 1 radical (unpaired) electrons. The van der Waals surface area contributed by atoms with Crippen LogP contribution in [0.2, 0.25) is 0 Å². The second-order valence-electron chi connectivity index (χ2n) is 11.3. The Morgan fingerprint density at radius 3 is 2.19 bits per heavy atom. The molecule has 0 N–H and O–H groups in total. The summed E-state index contributed by atoms with van der Waals surface area (Å²) in [6.45, 7) is 8.98. The first-order valence-corrected chi connectivity index (χ1v) is 14.3. The molecule has 0 aliphatic heterocycles. The van der Waals surface area contributed by atoms with E-state index in [9.17, 15) is 4.39 Å². The fraction of sp³-hybridized carbons (Fsp3) is 0.211. The first-order valence-electron chi connectivity index (χ1n) is 14.3. The van der Waals surface area contributed by atoms with E-state index >= 15 is 0 Å². The van der Waals surface area contributed by atoms with Crippen LogP contribution in [0.4, 0.5) is 4.39 Å². The standard InChI is InChI=1S/C27H27FN.C11H8N.Ir/c1-17(2)11-19-13-20(12-18(3)4)15-22(14-19)27-26-7-5-21-16-23(28)6-8-24(21)25(26)9-10-29-27;1-2-6-10(7-3-1)11-8-4-5-9-12-11;/h5-10,13-14,16-18H,11-12H2,1-4H3;1-6,8-9H;/q2*-1;. The molecule has 215 valence electrons. The molecule has 0 saturated heterocycles. The Hall–Kier alpha value is -3.72. The van der Waals surface area contributed by atoms with E-state index in [0.717, 1.165) is 56.9 Å². The van der Waals surface area contributed by atoms with Crippen molar-refractivity contribution < 1.29 is 24.5 Å². The molecule has 0 aliphatic rings. The van der Waals surface area contributed by atoms with E-state index in [2.05, 4.69) is 63.0 Å². The van der Waals surface area contributed by atoms with Crippen LogP contribution >= 0.6 is 0 Å². The first-order chi connectivity index (χ1) is 19.9. The summed E-state index contributed by atoms with van der Waals surface area (Å²) in [4.78, 5) is 8.95.